The summed E-state index contributed by atoms with van der Waals surface area (Å²) < 4.78 is 4.06. The first-order chi connectivity index (χ1) is 9.62. The molecule has 5 nitrogen and oxygen atoms in total. The zero-order valence-electron chi connectivity index (χ0n) is 14.2. The van der Waals surface area contributed by atoms with E-state index >= 15 is 0 Å². The van der Waals surface area contributed by atoms with E-state index in [0.29, 0.717) is 6.04 Å². The Morgan fingerprint density at radius 3 is 2.10 bits per heavy atom. The summed E-state index contributed by atoms with van der Waals surface area (Å²) in [4.78, 5) is 4.83. The van der Waals surface area contributed by atoms with Crippen molar-refractivity contribution in [2.24, 2.45) is 0 Å². The van der Waals surface area contributed by atoms with E-state index in [1.807, 2.05) is 17.1 Å². The van der Waals surface area contributed by atoms with Crippen LogP contribution in [0, 0.1) is 0 Å². The van der Waals surface area contributed by atoms with E-state index in [1.165, 1.54) is 0 Å². The van der Waals surface area contributed by atoms with Crippen LogP contribution in [-0.4, -0.2) is 19.3 Å². The largest absolute Gasteiger partial charge is 0.383 e. The van der Waals surface area contributed by atoms with Gasteiger partial charge >= 0.3 is 0 Å². The van der Waals surface area contributed by atoms with Crippen molar-refractivity contribution in [3.63, 3.8) is 0 Å². The lowest BCUT2D eigenvalue weighted by atomic mass is 9.95. The first kappa shape index (κ1) is 15.6. The maximum Gasteiger partial charge on any atom is 0.132 e. The molecule has 0 bridgehead atoms. The third-order valence-electron chi connectivity index (χ3n) is 3.54. The van der Waals surface area contributed by atoms with Crippen molar-refractivity contribution in [1.82, 2.24) is 19.3 Å². The summed E-state index contributed by atoms with van der Waals surface area (Å²) in [5.41, 5.74) is 8.14. The normalized spacial score (nSPS) is 12.6. The molecule has 0 atom stereocenters. The van der Waals surface area contributed by atoms with Crippen LogP contribution in [0.2, 0.25) is 0 Å². The van der Waals surface area contributed by atoms with E-state index in [9.17, 15) is 0 Å². The third kappa shape index (κ3) is 2.82. The summed E-state index contributed by atoms with van der Waals surface area (Å²) in [5.74, 6) is 1.74. The van der Waals surface area contributed by atoms with Crippen molar-refractivity contribution in [3.8, 4) is 11.3 Å². The standard InChI is InChI=1S/C16H27N5/c1-10(2)20-9-12(8-18-20)13-14(17)21(11(3)4)15(19-13)16(5,6)7/h8-11H,17H2,1-7H3. The second kappa shape index (κ2) is 5.20. The zero-order valence-corrected chi connectivity index (χ0v) is 14.2. The van der Waals surface area contributed by atoms with Crippen molar-refractivity contribution in [2.75, 3.05) is 5.73 Å². The van der Waals surface area contributed by atoms with Crippen molar-refractivity contribution in [2.45, 2.75) is 66.0 Å². The molecule has 0 spiro atoms. The Balaban J connectivity index is 2.59. The van der Waals surface area contributed by atoms with Gasteiger partial charge in [-0.15, -0.1) is 0 Å². The van der Waals surface area contributed by atoms with Crippen LogP contribution in [0.4, 0.5) is 5.82 Å². The van der Waals surface area contributed by atoms with Crippen LogP contribution >= 0.6 is 0 Å². The van der Waals surface area contributed by atoms with E-state index < -0.39 is 0 Å². The molecule has 2 N–H and O–H groups in total. The SMILES string of the molecule is CC(C)n1cc(-c2nc(C(C)(C)C)n(C(C)C)c2N)cn1. The molecule has 2 rings (SSSR count). The molecule has 2 heterocycles. The number of nitrogens with zero attached hydrogens (tertiary/aromatic N) is 4. The van der Waals surface area contributed by atoms with Crippen molar-refractivity contribution in [3.05, 3.63) is 18.2 Å². The number of imidazole rings is 1. The summed E-state index contributed by atoms with van der Waals surface area (Å²) >= 11 is 0. The van der Waals surface area contributed by atoms with Gasteiger partial charge in [0, 0.05) is 29.3 Å². The average Bonchev–Trinajstić information content (AvgIpc) is 2.91. The highest BCUT2D eigenvalue weighted by atomic mass is 15.3. The van der Waals surface area contributed by atoms with E-state index in [0.717, 1.165) is 22.9 Å². The van der Waals surface area contributed by atoms with Crippen LogP contribution in [0.3, 0.4) is 0 Å². The molecule has 0 unspecified atom stereocenters. The fourth-order valence-corrected chi connectivity index (χ4v) is 2.45. The quantitative estimate of drug-likeness (QED) is 0.935. The molecule has 0 aliphatic heterocycles. The molecule has 116 valence electrons. The Morgan fingerprint density at radius 1 is 1.10 bits per heavy atom. The Morgan fingerprint density at radius 2 is 1.71 bits per heavy atom. The van der Waals surface area contributed by atoms with Crippen LogP contribution < -0.4 is 5.73 Å². The summed E-state index contributed by atoms with van der Waals surface area (Å²) in [7, 11) is 0. The van der Waals surface area contributed by atoms with Crippen molar-refractivity contribution in [1.29, 1.82) is 0 Å². The molecule has 21 heavy (non-hydrogen) atoms. The molecular weight excluding hydrogens is 262 g/mol. The van der Waals surface area contributed by atoms with Gasteiger partial charge in [0.15, 0.2) is 0 Å². The smallest absolute Gasteiger partial charge is 0.132 e. The fourth-order valence-electron chi connectivity index (χ4n) is 2.45. The fraction of sp³-hybridized carbons (Fsp3) is 0.625. The van der Waals surface area contributed by atoms with Crippen LogP contribution in [0.15, 0.2) is 12.4 Å². The second-order valence-corrected chi connectivity index (χ2v) is 7.19. The van der Waals surface area contributed by atoms with Crippen LogP contribution in [-0.2, 0) is 5.41 Å². The van der Waals surface area contributed by atoms with Gasteiger partial charge in [0.05, 0.1) is 6.20 Å². The van der Waals surface area contributed by atoms with E-state index in [4.69, 9.17) is 10.7 Å². The Kier molecular flexibility index (Phi) is 3.87. The molecule has 0 aliphatic rings. The van der Waals surface area contributed by atoms with Crippen LogP contribution in [0.25, 0.3) is 11.3 Å². The lowest BCUT2D eigenvalue weighted by Gasteiger charge is -2.22. The average molecular weight is 289 g/mol. The van der Waals surface area contributed by atoms with E-state index in [1.54, 1.807) is 0 Å². The molecule has 0 radical (unpaired) electrons. The minimum atomic E-state index is -0.0509. The highest BCUT2D eigenvalue weighted by Gasteiger charge is 2.27. The maximum absolute atomic E-state index is 6.38. The third-order valence-corrected chi connectivity index (χ3v) is 3.54. The van der Waals surface area contributed by atoms with Crippen molar-refractivity contribution < 1.29 is 0 Å². The number of nitrogens with two attached hydrogens (primary N) is 1. The highest BCUT2D eigenvalue weighted by Crippen LogP contribution is 2.34. The lowest BCUT2D eigenvalue weighted by molar-refractivity contribution is 0.473. The van der Waals surface area contributed by atoms with E-state index in [-0.39, 0.29) is 11.5 Å². The van der Waals surface area contributed by atoms with Crippen LogP contribution in [0.1, 0.15) is 66.4 Å². The number of nitrogen functional groups attached to an aromatic ring is 1. The zero-order chi connectivity index (χ0) is 15.9. The predicted molar refractivity (Wildman–Crippen MR) is 87.3 cm³/mol. The number of rotatable bonds is 3. The van der Waals surface area contributed by atoms with Gasteiger partial charge in [0.25, 0.3) is 0 Å². The minimum absolute atomic E-state index is 0.0509. The Bertz CT molecular complexity index is 626. The number of hydrogen-bond donors (Lipinski definition) is 1. The molecule has 0 saturated heterocycles. The minimum Gasteiger partial charge on any atom is -0.383 e. The monoisotopic (exact) mass is 289 g/mol. The topological polar surface area (TPSA) is 61.7 Å². The van der Waals surface area contributed by atoms with Gasteiger partial charge < -0.3 is 10.3 Å². The number of anilines is 1. The lowest BCUT2D eigenvalue weighted by Crippen LogP contribution is -2.21. The van der Waals surface area contributed by atoms with Gasteiger partial charge in [-0.1, -0.05) is 20.8 Å². The number of hydrogen-bond acceptors (Lipinski definition) is 3. The summed E-state index contributed by atoms with van der Waals surface area (Å²) in [6.07, 6.45) is 3.86. The van der Waals surface area contributed by atoms with Crippen molar-refractivity contribution >= 4 is 5.82 Å². The predicted octanol–water partition coefficient (Wildman–Crippen LogP) is 3.79. The molecule has 0 amide bonds. The second-order valence-electron chi connectivity index (χ2n) is 7.19. The molecule has 2 aromatic heterocycles. The molecule has 5 heteroatoms. The van der Waals surface area contributed by atoms with Gasteiger partial charge in [-0.3, -0.25) is 4.68 Å². The molecular formula is C16H27N5. The first-order valence-electron chi connectivity index (χ1n) is 7.55. The summed E-state index contributed by atoms with van der Waals surface area (Å²) in [6, 6.07) is 0.606. The highest BCUT2D eigenvalue weighted by molar-refractivity contribution is 5.70. The van der Waals surface area contributed by atoms with Crippen LogP contribution in [0.5, 0.6) is 0 Å². The summed E-state index contributed by atoms with van der Waals surface area (Å²) in [5, 5.41) is 4.39. The molecule has 2 aromatic rings. The Hall–Kier alpha value is -1.78. The van der Waals surface area contributed by atoms with Gasteiger partial charge in [-0.05, 0) is 27.7 Å². The Labute approximate surface area is 127 Å². The van der Waals surface area contributed by atoms with Gasteiger partial charge in [-0.2, -0.15) is 5.10 Å². The van der Waals surface area contributed by atoms with Gasteiger partial charge in [-0.25, -0.2) is 4.98 Å². The van der Waals surface area contributed by atoms with Gasteiger partial charge in [0.2, 0.25) is 0 Å². The molecule has 0 saturated carbocycles. The first-order valence-corrected chi connectivity index (χ1v) is 7.55. The summed E-state index contributed by atoms with van der Waals surface area (Å²) in [6.45, 7) is 15.0. The molecule has 0 aromatic carbocycles. The van der Waals surface area contributed by atoms with Gasteiger partial charge in [0.1, 0.15) is 17.3 Å². The molecule has 0 fully saturated rings. The number of aromatic nitrogens is 4. The van der Waals surface area contributed by atoms with E-state index in [2.05, 4.69) is 58.1 Å². The molecule has 0 aliphatic carbocycles. The maximum atomic E-state index is 6.38.